The highest BCUT2D eigenvalue weighted by atomic mass is 32.1. The van der Waals surface area contributed by atoms with Crippen LogP contribution >= 0.6 is 12.6 Å². The molecule has 0 bridgehead atoms. The van der Waals surface area contributed by atoms with Gasteiger partial charge in [0.25, 0.3) is 0 Å². The number of hydrogen-bond acceptors (Lipinski definition) is 2. The molecule has 0 unspecified atom stereocenters. The summed E-state index contributed by atoms with van der Waals surface area (Å²) in [5, 5.41) is 9.15. The summed E-state index contributed by atoms with van der Waals surface area (Å²) in [7, 11) is 0. The maximum atomic E-state index is 9.15. The summed E-state index contributed by atoms with van der Waals surface area (Å²) in [6.45, 7) is 4.59. The Labute approximate surface area is 75.6 Å². The molecule has 0 aromatic heterocycles. The van der Waals surface area contributed by atoms with Gasteiger partial charge in [-0.2, -0.15) is 12.6 Å². The summed E-state index contributed by atoms with van der Waals surface area (Å²) >= 11 is 4.27. The molecule has 0 saturated heterocycles. The molecule has 0 spiro atoms. The van der Waals surface area contributed by atoms with Crippen LogP contribution in [0.2, 0.25) is 0 Å². The summed E-state index contributed by atoms with van der Waals surface area (Å²) < 4.78 is 0. The molecule has 2 heteroatoms. The first-order valence-electron chi connectivity index (χ1n) is 4.46. The fourth-order valence-corrected chi connectivity index (χ4v) is 1.64. The fraction of sp³-hybridized carbons (Fsp3) is 1.00. The van der Waals surface area contributed by atoms with Crippen LogP contribution in [0.3, 0.4) is 0 Å². The molecule has 0 amide bonds. The van der Waals surface area contributed by atoms with Crippen LogP contribution in [-0.2, 0) is 0 Å². The molecule has 1 nitrogen and oxygen atoms in total. The molecular formula is C9H20OS. The van der Waals surface area contributed by atoms with Crippen LogP contribution in [0.4, 0.5) is 0 Å². The Hall–Kier alpha value is 0.310. The Morgan fingerprint density at radius 1 is 1.36 bits per heavy atom. The van der Waals surface area contributed by atoms with Crippen LogP contribution in [0.5, 0.6) is 0 Å². The number of aliphatic hydroxyl groups excluding tert-OH is 1. The van der Waals surface area contributed by atoms with E-state index in [0.29, 0.717) is 0 Å². The van der Waals surface area contributed by atoms with Crippen molar-refractivity contribution in [3.8, 4) is 0 Å². The summed E-state index contributed by atoms with van der Waals surface area (Å²) in [6, 6.07) is 0. The number of hydrogen-bond donors (Lipinski definition) is 2. The van der Waals surface area contributed by atoms with Crippen molar-refractivity contribution in [3.63, 3.8) is 0 Å². The van der Waals surface area contributed by atoms with Crippen LogP contribution in [0.25, 0.3) is 0 Å². The third kappa shape index (κ3) is 3.48. The zero-order chi connectivity index (χ0) is 8.74. The Morgan fingerprint density at radius 2 is 2.00 bits per heavy atom. The lowest BCUT2D eigenvalue weighted by Crippen LogP contribution is -2.26. The van der Waals surface area contributed by atoms with E-state index in [9.17, 15) is 0 Å². The van der Waals surface area contributed by atoms with Gasteiger partial charge in [0, 0.05) is 12.0 Å². The van der Waals surface area contributed by atoms with Gasteiger partial charge < -0.3 is 5.11 Å². The van der Waals surface area contributed by atoms with E-state index in [4.69, 9.17) is 5.11 Å². The maximum absolute atomic E-state index is 9.15. The SMILES string of the molecule is CCCC[C@](CC)(CO)CS. The molecule has 0 aliphatic carbocycles. The molecule has 68 valence electrons. The third-order valence-corrected chi connectivity index (χ3v) is 3.15. The molecule has 0 saturated carbocycles. The van der Waals surface area contributed by atoms with Gasteiger partial charge in [-0.05, 0) is 18.6 Å². The molecule has 0 fully saturated rings. The van der Waals surface area contributed by atoms with Gasteiger partial charge in [-0.25, -0.2) is 0 Å². The van der Waals surface area contributed by atoms with Gasteiger partial charge in [0.05, 0.1) is 0 Å². The molecule has 0 heterocycles. The van der Waals surface area contributed by atoms with Gasteiger partial charge in [0.2, 0.25) is 0 Å². The normalized spacial score (nSPS) is 16.4. The quantitative estimate of drug-likeness (QED) is 0.596. The van der Waals surface area contributed by atoms with Crippen molar-refractivity contribution < 1.29 is 5.11 Å². The van der Waals surface area contributed by atoms with Crippen LogP contribution < -0.4 is 0 Å². The van der Waals surface area contributed by atoms with Crippen molar-refractivity contribution in [2.75, 3.05) is 12.4 Å². The van der Waals surface area contributed by atoms with E-state index in [-0.39, 0.29) is 12.0 Å². The van der Waals surface area contributed by atoms with Crippen LogP contribution in [0.15, 0.2) is 0 Å². The Kier molecular flexibility index (Phi) is 6.06. The molecule has 11 heavy (non-hydrogen) atoms. The van der Waals surface area contributed by atoms with Crippen LogP contribution in [-0.4, -0.2) is 17.5 Å². The van der Waals surface area contributed by atoms with E-state index >= 15 is 0 Å². The fourth-order valence-electron chi connectivity index (χ4n) is 1.16. The second-order valence-corrected chi connectivity index (χ2v) is 3.59. The van der Waals surface area contributed by atoms with Gasteiger partial charge in [0.15, 0.2) is 0 Å². The van der Waals surface area contributed by atoms with Gasteiger partial charge in [-0.3, -0.25) is 0 Å². The Bertz CT molecular complexity index is 81.3. The predicted octanol–water partition coefficient (Wildman–Crippen LogP) is 2.50. The number of unbranched alkanes of at least 4 members (excludes halogenated alkanes) is 1. The molecule has 0 aliphatic rings. The summed E-state index contributed by atoms with van der Waals surface area (Å²) in [4.78, 5) is 0. The monoisotopic (exact) mass is 176 g/mol. The van der Waals surface area contributed by atoms with Gasteiger partial charge in [0.1, 0.15) is 0 Å². The van der Waals surface area contributed by atoms with Gasteiger partial charge in [-0.1, -0.05) is 26.7 Å². The smallest absolute Gasteiger partial charge is 0.0495 e. The van der Waals surface area contributed by atoms with E-state index in [0.717, 1.165) is 18.6 Å². The molecule has 1 atom stereocenters. The topological polar surface area (TPSA) is 20.2 Å². The van der Waals surface area contributed by atoms with Crippen molar-refractivity contribution in [1.82, 2.24) is 0 Å². The van der Waals surface area contributed by atoms with Gasteiger partial charge in [-0.15, -0.1) is 0 Å². The van der Waals surface area contributed by atoms with Crippen molar-refractivity contribution in [3.05, 3.63) is 0 Å². The van der Waals surface area contributed by atoms with Crippen molar-refractivity contribution in [2.45, 2.75) is 39.5 Å². The molecular weight excluding hydrogens is 156 g/mol. The molecule has 0 aliphatic heterocycles. The van der Waals surface area contributed by atoms with Crippen molar-refractivity contribution in [2.24, 2.45) is 5.41 Å². The zero-order valence-electron chi connectivity index (χ0n) is 7.64. The lowest BCUT2D eigenvalue weighted by atomic mass is 9.83. The molecule has 1 N–H and O–H groups in total. The zero-order valence-corrected chi connectivity index (χ0v) is 8.53. The number of thiol groups is 1. The molecule has 0 aromatic rings. The lowest BCUT2D eigenvalue weighted by Gasteiger charge is -2.28. The molecule has 0 rings (SSSR count). The van der Waals surface area contributed by atoms with E-state index < -0.39 is 0 Å². The number of rotatable bonds is 6. The largest absolute Gasteiger partial charge is 0.396 e. The van der Waals surface area contributed by atoms with Crippen LogP contribution in [0, 0.1) is 5.41 Å². The molecule has 0 radical (unpaired) electrons. The first-order valence-corrected chi connectivity index (χ1v) is 5.09. The summed E-state index contributed by atoms with van der Waals surface area (Å²) in [6.07, 6.45) is 4.55. The van der Waals surface area contributed by atoms with E-state index in [1.54, 1.807) is 0 Å². The minimum absolute atomic E-state index is 0.0964. The van der Waals surface area contributed by atoms with Gasteiger partial charge >= 0.3 is 0 Å². The molecule has 0 aromatic carbocycles. The summed E-state index contributed by atoms with van der Waals surface area (Å²) in [5.74, 6) is 0.806. The first kappa shape index (κ1) is 11.3. The Balaban J connectivity index is 3.84. The highest BCUT2D eigenvalue weighted by Crippen LogP contribution is 2.29. The highest BCUT2D eigenvalue weighted by Gasteiger charge is 2.24. The second kappa shape index (κ2) is 5.90. The Morgan fingerprint density at radius 3 is 2.27 bits per heavy atom. The first-order chi connectivity index (χ1) is 5.24. The van der Waals surface area contributed by atoms with E-state index in [1.807, 2.05) is 0 Å². The minimum atomic E-state index is 0.0964. The maximum Gasteiger partial charge on any atom is 0.0495 e. The van der Waals surface area contributed by atoms with Crippen LogP contribution in [0.1, 0.15) is 39.5 Å². The number of aliphatic hydroxyl groups is 1. The third-order valence-electron chi connectivity index (χ3n) is 2.48. The predicted molar refractivity (Wildman–Crippen MR) is 53.2 cm³/mol. The van der Waals surface area contributed by atoms with E-state index in [2.05, 4.69) is 26.5 Å². The van der Waals surface area contributed by atoms with E-state index in [1.165, 1.54) is 12.8 Å². The van der Waals surface area contributed by atoms with Crippen molar-refractivity contribution >= 4 is 12.6 Å². The minimum Gasteiger partial charge on any atom is -0.396 e. The highest BCUT2D eigenvalue weighted by molar-refractivity contribution is 7.80. The summed E-state index contributed by atoms with van der Waals surface area (Å²) in [5.41, 5.74) is 0.0964. The average molecular weight is 176 g/mol. The average Bonchev–Trinajstić information content (AvgIpc) is 2.08. The second-order valence-electron chi connectivity index (χ2n) is 3.27. The van der Waals surface area contributed by atoms with Crippen molar-refractivity contribution in [1.29, 1.82) is 0 Å². The lowest BCUT2D eigenvalue weighted by molar-refractivity contribution is 0.130. The standard InChI is InChI=1S/C9H20OS/c1-3-5-6-9(4-2,7-10)8-11/h10-11H,3-8H2,1-2H3/t9-/m1/s1.